The van der Waals surface area contributed by atoms with Crippen LogP contribution in [0.15, 0.2) is 91.3 Å². The predicted octanol–water partition coefficient (Wildman–Crippen LogP) is 7.78. The number of aromatic nitrogens is 1. The molecular formula is C43H51N3O6S. The lowest BCUT2D eigenvalue weighted by Crippen LogP contribution is -2.27. The molecule has 1 aliphatic rings. The third-order valence-corrected chi connectivity index (χ3v) is 11.9. The first kappa shape index (κ1) is 38.5. The topological polar surface area (TPSA) is 155 Å². The van der Waals surface area contributed by atoms with Crippen LogP contribution in [0.1, 0.15) is 92.2 Å². The lowest BCUT2D eigenvalue weighted by Gasteiger charge is -2.24. The first-order valence-electron chi connectivity index (χ1n) is 18.9. The zero-order chi connectivity index (χ0) is 37.2. The second-order valence-electron chi connectivity index (χ2n) is 14.4. The van der Waals surface area contributed by atoms with Crippen LogP contribution in [0, 0.1) is 11.8 Å². The number of aliphatic hydroxyl groups is 3. The first-order chi connectivity index (χ1) is 25.8. The van der Waals surface area contributed by atoms with Gasteiger partial charge in [-0.2, -0.15) is 0 Å². The summed E-state index contributed by atoms with van der Waals surface area (Å²) in [6, 6.07) is 25.2. The number of carbonyl (C=O) groups excluding carboxylic acids is 2. The van der Waals surface area contributed by atoms with Crippen molar-refractivity contribution in [3.8, 4) is 0 Å². The molecule has 10 heteroatoms. The van der Waals surface area contributed by atoms with Crippen molar-refractivity contribution in [1.29, 1.82) is 0 Å². The molecule has 3 aromatic carbocycles. The molecule has 2 heterocycles. The summed E-state index contributed by atoms with van der Waals surface area (Å²) in [5.74, 6) is -0.915. The fraction of sp³-hybridized carbons (Fsp3) is 0.419. The van der Waals surface area contributed by atoms with Crippen molar-refractivity contribution in [3.63, 3.8) is 0 Å². The normalized spacial score (nSPS) is 19.7. The molecule has 0 saturated heterocycles. The molecule has 1 amide bonds. The summed E-state index contributed by atoms with van der Waals surface area (Å²) in [5.41, 5.74) is 8.33. The highest BCUT2D eigenvalue weighted by molar-refractivity contribution is 7.19. The monoisotopic (exact) mass is 737 g/mol. The van der Waals surface area contributed by atoms with E-state index in [1.165, 1.54) is 0 Å². The van der Waals surface area contributed by atoms with E-state index in [-0.39, 0.29) is 36.9 Å². The van der Waals surface area contributed by atoms with Gasteiger partial charge in [-0.1, -0.05) is 74.2 Å². The zero-order valence-electron chi connectivity index (χ0n) is 30.1. The van der Waals surface area contributed by atoms with Crippen molar-refractivity contribution in [1.82, 2.24) is 4.98 Å². The van der Waals surface area contributed by atoms with Crippen LogP contribution in [0.5, 0.6) is 0 Å². The summed E-state index contributed by atoms with van der Waals surface area (Å²) >= 11 is 1.61. The molecule has 5 aromatic rings. The van der Waals surface area contributed by atoms with Crippen LogP contribution in [0.25, 0.3) is 20.9 Å². The fourth-order valence-corrected chi connectivity index (χ4v) is 8.77. The van der Waals surface area contributed by atoms with Crippen LogP contribution in [-0.4, -0.2) is 50.9 Å². The van der Waals surface area contributed by atoms with Gasteiger partial charge in [-0.15, -0.1) is 11.3 Å². The molecule has 9 nitrogen and oxygen atoms in total. The number of ether oxygens (including phenoxy) is 1. The molecular weight excluding hydrogens is 687 g/mol. The molecule has 1 fully saturated rings. The van der Waals surface area contributed by atoms with Crippen molar-refractivity contribution in [2.24, 2.45) is 17.6 Å². The lowest BCUT2D eigenvalue weighted by atomic mass is 9.84. The van der Waals surface area contributed by atoms with Gasteiger partial charge < -0.3 is 31.1 Å². The molecule has 1 saturated carbocycles. The first-order valence-corrected chi connectivity index (χ1v) is 19.7. The summed E-state index contributed by atoms with van der Waals surface area (Å²) in [6.07, 6.45) is 9.35. The van der Waals surface area contributed by atoms with Crippen LogP contribution in [-0.2, 0) is 20.9 Å². The SMILES string of the molecule is NCC(C(=O)Nc1ccc2cnccc2c1)c1ccc(COC(=O)CCCCCCC[C@@H]2[C@@H](CC[C@@H](O)c3cc4ccccc4s3)[C@H](O)C[C@@H]2O)cc1. The third kappa shape index (κ3) is 10.3. The number of nitrogens with zero attached hydrogens (tertiary/aromatic N) is 1. The molecule has 0 radical (unpaired) electrons. The molecule has 6 atom stereocenters. The Labute approximate surface area is 315 Å². The van der Waals surface area contributed by atoms with Crippen LogP contribution in [0.3, 0.4) is 0 Å². The van der Waals surface area contributed by atoms with Crippen LogP contribution in [0.4, 0.5) is 5.69 Å². The Morgan fingerprint density at radius 2 is 1.62 bits per heavy atom. The summed E-state index contributed by atoms with van der Waals surface area (Å²) < 4.78 is 6.67. The zero-order valence-corrected chi connectivity index (χ0v) is 30.9. The molecule has 53 heavy (non-hydrogen) atoms. The molecule has 6 N–H and O–H groups in total. The summed E-state index contributed by atoms with van der Waals surface area (Å²) in [5, 5.41) is 38.4. The van der Waals surface area contributed by atoms with E-state index in [2.05, 4.69) is 28.5 Å². The maximum Gasteiger partial charge on any atom is 0.306 e. The second-order valence-corrected chi connectivity index (χ2v) is 15.5. The van der Waals surface area contributed by atoms with Crippen LogP contribution < -0.4 is 11.1 Å². The number of hydrogen-bond donors (Lipinski definition) is 5. The maximum atomic E-state index is 13.1. The number of anilines is 1. The van der Waals surface area contributed by atoms with E-state index in [4.69, 9.17) is 10.5 Å². The Bertz CT molecular complexity index is 1910. The van der Waals surface area contributed by atoms with E-state index >= 15 is 0 Å². The Balaban J connectivity index is 0.852. The van der Waals surface area contributed by atoms with Gasteiger partial charge in [-0.3, -0.25) is 14.6 Å². The number of carbonyl (C=O) groups is 2. The number of aliphatic hydroxyl groups excluding tert-OH is 3. The van der Waals surface area contributed by atoms with Crippen molar-refractivity contribution in [2.75, 3.05) is 11.9 Å². The summed E-state index contributed by atoms with van der Waals surface area (Å²) in [4.78, 5) is 30.6. The average molecular weight is 738 g/mol. The van der Waals surface area contributed by atoms with Gasteiger partial charge in [0.05, 0.1) is 24.2 Å². The highest BCUT2D eigenvalue weighted by Crippen LogP contribution is 2.41. The number of benzene rings is 3. The number of fused-ring (bicyclic) bond motifs is 2. The van der Waals surface area contributed by atoms with Crippen molar-refractivity contribution >= 4 is 49.8 Å². The van der Waals surface area contributed by atoms with E-state index in [1.807, 2.05) is 60.7 Å². The number of thiophene rings is 1. The number of amides is 1. The largest absolute Gasteiger partial charge is 0.461 e. The number of rotatable bonds is 18. The van der Waals surface area contributed by atoms with Gasteiger partial charge >= 0.3 is 5.97 Å². The highest BCUT2D eigenvalue weighted by atomic mass is 32.1. The number of esters is 1. The van der Waals surface area contributed by atoms with Gasteiger partial charge in [0.2, 0.25) is 5.91 Å². The number of hydrogen-bond acceptors (Lipinski definition) is 9. The predicted molar refractivity (Wildman–Crippen MR) is 210 cm³/mol. The molecule has 280 valence electrons. The molecule has 0 aliphatic heterocycles. The number of unbranched alkanes of at least 4 members (excludes halogenated alkanes) is 4. The Hall–Kier alpha value is -4.19. The molecule has 1 unspecified atom stereocenters. The fourth-order valence-electron chi connectivity index (χ4n) is 7.69. The van der Waals surface area contributed by atoms with E-state index in [1.54, 1.807) is 23.7 Å². The van der Waals surface area contributed by atoms with E-state index in [9.17, 15) is 24.9 Å². The minimum absolute atomic E-state index is 0.0130. The van der Waals surface area contributed by atoms with Crippen molar-refractivity contribution in [2.45, 2.75) is 95.0 Å². The number of nitrogens with two attached hydrogens (primary N) is 1. The van der Waals surface area contributed by atoms with Gasteiger partial charge in [0.25, 0.3) is 0 Å². The smallest absolute Gasteiger partial charge is 0.306 e. The lowest BCUT2D eigenvalue weighted by molar-refractivity contribution is -0.145. The number of nitrogens with one attached hydrogen (secondary N) is 1. The Kier molecular flexibility index (Phi) is 13.6. The van der Waals surface area contributed by atoms with Gasteiger partial charge in [0, 0.05) is 46.0 Å². The van der Waals surface area contributed by atoms with Crippen LogP contribution >= 0.6 is 11.3 Å². The Morgan fingerprint density at radius 1 is 0.868 bits per heavy atom. The van der Waals surface area contributed by atoms with Crippen LogP contribution in [0.2, 0.25) is 0 Å². The molecule has 0 spiro atoms. The molecule has 0 bridgehead atoms. The van der Waals surface area contributed by atoms with E-state index < -0.39 is 24.2 Å². The summed E-state index contributed by atoms with van der Waals surface area (Å²) in [7, 11) is 0. The highest BCUT2D eigenvalue weighted by Gasteiger charge is 2.41. The quantitative estimate of drug-likeness (QED) is 0.0451. The number of pyridine rings is 1. The minimum atomic E-state index is -0.569. The molecule has 2 aromatic heterocycles. The van der Waals surface area contributed by atoms with E-state index in [0.29, 0.717) is 31.4 Å². The third-order valence-electron chi connectivity index (χ3n) is 10.7. The molecule has 6 rings (SSSR count). The minimum Gasteiger partial charge on any atom is -0.461 e. The summed E-state index contributed by atoms with van der Waals surface area (Å²) in [6.45, 7) is 0.325. The van der Waals surface area contributed by atoms with Crippen molar-refractivity contribution in [3.05, 3.63) is 107 Å². The average Bonchev–Trinajstić information content (AvgIpc) is 3.72. The standard InChI is InChI=1S/C43H51N3O6S/c44-25-36(43(51)46-33-17-16-32-26-45-21-20-30(32)22-33)29-14-12-28(13-15-29)27-52-42(50)11-5-3-1-2-4-9-34-35(39(49)24-38(34)48)18-19-37(47)41-23-31-8-6-7-10-40(31)53-41/h6-8,10,12-17,20-23,26,34-39,47-49H,1-5,9,11,18-19,24-25,27,44H2,(H,46,51)/t34-,35-,36?,37-,38+,39-/m1/s1. The van der Waals surface area contributed by atoms with Crippen molar-refractivity contribution < 1.29 is 29.6 Å². The Morgan fingerprint density at radius 3 is 2.42 bits per heavy atom. The van der Waals surface area contributed by atoms with Gasteiger partial charge in [0.1, 0.15) is 6.61 Å². The van der Waals surface area contributed by atoms with Gasteiger partial charge in [0.15, 0.2) is 0 Å². The van der Waals surface area contributed by atoms with Gasteiger partial charge in [-0.05, 0) is 96.2 Å². The second kappa shape index (κ2) is 18.7. The van der Waals surface area contributed by atoms with Gasteiger partial charge in [-0.25, -0.2) is 0 Å². The molecule has 1 aliphatic carbocycles. The van der Waals surface area contributed by atoms with E-state index in [0.717, 1.165) is 75.4 Å². The maximum absolute atomic E-state index is 13.1.